The van der Waals surface area contributed by atoms with E-state index >= 15 is 0 Å². The smallest absolute Gasteiger partial charge is 0.232 e. The predicted octanol–water partition coefficient (Wildman–Crippen LogP) is 3.36. The van der Waals surface area contributed by atoms with E-state index in [0.29, 0.717) is 19.0 Å². The molecule has 2 amide bonds. The first-order chi connectivity index (χ1) is 13.1. The Morgan fingerprint density at radius 1 is 1.19 bits per heavy atom. The third kappa shape index (κ3) is 3.18. The molecule has 1 fully saturated rings. The highest BCUT2D eigenvalue weighted by Gasteiger charge is 2.35. The molecule has 2 aromatic carbocycles. The van der Waals surface area contributed by atoms with E-state index in [1.165, 1.54) is 0 Å². The maximum atomic E-state index is 12.8. The van der Waals surface area contributed by atoms with Crippen LogP contribution in [0.3, 0.4) is 0 Å². The van der Waals surface area contributed by atoms with Gasteiger partial charge in [0.1, 0.15) is 0 Å². The minimum Gasteiger partial charge on any atom is -0.312 e. The molecule has 2 heterocycles. The fourth-order valence-electron chi connectivity index (χ4n) is 3.56. The Labute approximate surface area is 157 Å². The Hall–Kier alpha value is -3.15. The minimum absolute atomic E-state index is 0.0250. The molecule has 1 atom stereocenters. The summed E-state index contributed by atoms with van der Waals surface area (Å²) in [6.07, 6.45) is 0.214. The zero-order valence-electron chi connectivity index (χ0n) is 15.5. The molecule has 0 bridgehead atoms. The van der Waals surface area contributed by atoms with Gasteiger partial charge in [0.25, 0.3) is 0 Å². The molecule has 6 heteroatoms. The van der Waals surface area contributed by atoms with Crippen molar-refractivity contribution in [1.82, 2.24) is 9.55 Å². The van der Waals surface area contributed by atoms with Gasteiger partial charge in [0.15, 0.2) is 0 Å². The fraction of sp³-hybridized carbons (Fsp3) is 0.286. The molecule has 4 rings (SSSR count). The van der Waals surface area contributed by atoms with Gasteiger partial charge in [-0.2, -0.15) is 0 Å². The number of aromatic nitrogens is 2. The van der Waals surface area contributed by atoms with Gasteiger partial charge in [-0.1, -0.05) is 29.8 Å². The van der Waals surface area contributed by atoms with Crippen LogP contribution in [0.25, 0.3) is 11.0 Å². The zero-order valence-corrected chi connectivity index (χ0v) is 15.5. The number of carbonyl (C=O) groups excluding carboxylic acids is 2. The van der Waals surface area contributed by atoms with Crippen LogP contribution >= 0.6 is 0 Å². The van der Waals surface area contributed by atoms with Crippen molar-refractivity contribution in [3.8, 4) is 0 Å². The van der Waals surface area contributed by atoms with Crippen molar-refractivity contribution in [1.29, 1.82) is 0 Å². The molecule has 0 saturated carbocycles. The number of amides is 2. The van der Waals surface area contributed by atoms with E-state index in [2.05, 4.69) is 10.3 Å². The third-order valence-electron chi connectivity index (χ3n) is 5.05. The number of nitrogens with one attached hydrogen (secondary N) is 1. The lowest BCUT2D eigenvalue weighted by molar-refractivity contribution is -0.122. The van der Waals surface area contributed by atoms with Gasteiger partial charge >= 0.3 is 0 Å². The van der Waals surface area contributed by atoms with Gasteiger partial charge in [0.05, 0.1) is 17.0 Å². The Bertz CT molecular complexity index is 1010. The molecule has 6 nitrogen and oxygen atoms in total. The van der Waals surface area contributed by atoms with Gasteiger partial charge in [-0.25, -0.2) is 4.98 Å². The molecule has 1 aliphatic rings. The first kappa shape index (κ1) is 17.3. The van der Waals surface area contributed by atoms with E-state index in [4.69, 9.17) is 0 Å². The quantitative estimate of drug-likeness (QED) is 0.774. The molecular formula is C21H22N4O2. The number of anilines is 2. The summed E-state index contributed by atoms with van der Waals surface area (Å²) in [4.78, 5) is 31.4. The van der Waals surface area contributed by atoms with Gasteiger partial charge in [0, 0.05) is 25.2 Å². The number of carbonyl (C=O) groups is 2. The van der Waals surface area contributed by atoms with E-state index in [1.54, 1.807) is 4.90 Å². The predicted molar refractivity (Wildman–Crippen MR) is 106 cm³/mol. The molecular weight excluding hydrogens is 340 g/mol. The topological polar surface area (TPSA) is 67.2 Å². The lowest BCUT2D eigenvalue weighted by atomic mass is 10.1. The normalized spacial score (nSPS) is 16.9. The molecule has 0 aliphatic carbocycles. The Balaban J connectivity index is 1.52. The van der Waals surface area contributed by atoms with Crippen molar-refractivity contribution in [2.45, 2.75) is 26.8 Å². The van der Waals surface area contributed by atoms with Crippen LogP contribution in [0.15, 0.2) is 48.5 Å². The molecule has 0 spiro atoms. The minimum atomic E-state index is -0.385. The van der Waals surface area contributed by atoms with Crippen molar-refractivity contribution < 1.29 is 9.59 Å². The summed E-state index contributed by atoms with van der Waals surface area (Å²) in [5.41, 5.74) is 3.80. The summed E-state index contributed by atoms with van der Waals surface area (Å²) in [7, 11) is 0. The second kappa shape index (κ2) is 6.87. The number of rotatable bonds is 4. The molecule has 1 aromatic heterocycles. The standard InChI is InChI=1S/C21H22N4O2/c1-3-24-18-7-5-4-6-17(18)22-21(24)23-20(27)15-12-19(26)25(13-15)16-10-8-14(2)9-11-16/h4-11,15H,3,12-13H2,1-2H3,(H,22,23,27)/t15-/m1/s1. The maximum absolute atomic E-state index is 12.8. The second-order valence-corrected chi connectivity index (χ2v) is 6.90. The lowest BCUT2D eigenvalue weighted by Gasteiger charge is -2.17. The number of imidazole rings is 1. The van der Waals surface area contributed by atoms with Crippen molar-refractivity contribution >= 4 is 34.5 Å². The summed E-state index contributed by atoms with van der Waals surface area (Å²) in [5.74, 6) is -0.0418. The average Bonchev–Trinajstić information content (AvgIpc) is 3.22. The molecule has 0 radical (unpaired) electrons. The number of aryl methyl sites for hydroxylation is 2. The van der Waals surface area contributed by atoms with E-state index in [9.17, 15) is 9.59 Å². The molecule has 1 N–H and O–H groups in total. The number of para-hydroxylation sites is 2. The van der Waals surface area contributed by atoms with Crippen LogP contribution in [0.2, 0.25) is 0 Å². The third-order valence-corrected chi connectivity index (χ3v) is 5.05. The van der Waals surface area contributed by atoms with E-state index in [-0.39, 0.29) is 24.2 Å². The monoisotopic (exact) mass is 362 g/mol. The highest BCUT2D eigenvalue weighted by Crippen LogP contribution is 2.27. The first-order valence-electron chi connectivity index (χ1n) is 9.20. The summed E-state index contributed by atoms with van der Waals surface area (Å²) in [6, 6.07) is 15.6. The lowest BCUT2D eigenvalue weighted by Crippen LogP contribution is -2.28. The van der Waals surface area contributed by atoms with Crippen LogP contribution in [0.1, 0.15) is 18.9 Å². The van der Waals surface area contributed by atoms with Crippen LogP contribution in [-0.2, 0) is 16.1 Å². The molecule has 1 aliphatic heterocycles. The van der Waals surface area contributed by atoms with Gasteiger partial charge in [0.2, 0.25) is 17.8 Å². The Morgan fingerprint density at radius 3 is 2.67 bits per heavy atom. The summed E-state index contributed by atoms with van der Waals surface area (Å²) in [6.45, 7) is 5.11. The van der Waals surface area contributed by atoms with Crippen LogP contribution in [-0.4, -0.2) is 27.9 Å². The Kier molecular flexibility index (Phi) is 4.39. The Morgan fingerprint density at radius 2 is 1.93 bits per heavy atom. The summed E-state index contributed by atoms with van der Waals surface area (Å²) in [5, 5.41) is 2.93. The highest BCUT2D eigenvalue weighted by atomic mass is 16.2. The second-order valence-electron chi connectivity index (χ2n) is 6.90. The number of hydrogen-bond acceptors (Lipinski definition) is 3. The van der Waals surface area contributed by atoms with E-state index < -0.39 is 0 Å². The van der Waals surface area contributed by atoms with Gasteiger partial charge in [-0.3, -0.25) is 14.9 Å². The number of hydrogen-bond donors (Lipinski definition) is 1. The summed E-state index contributed by atoms with van der Waals surface area (Å²) < 4.78 is 1.97. The van der Waals surface area contributed by atoms with Crippen molar-refractivity contribution in [3.63, 3.8) is 0 Å². The van der Waals surface area contributed by atoms with Crippen molar-refractivity contribution in [2.75, 3.05) is 16.8 Å². The van der Waals surface area contributed by atoms with Gasteiger partial charge in [-0.05, 0) is 38.1 Å². The SMILES string of the molecule is CCn1c(NC(=O)[C@@H]2CC(=O)N(c3ccc(C)cc3)C2)nc2ccccc21. The molecule has 3 aromatic rings. The van der Waals surface area contributed by atoms with E-state index in [1.807, 2.05) is 66.9 Å². The molecule has 0 unspecified atom stereocenters. The number of benzene rings is 2. The van der Waals surface area contributed by atoms with Crippen LogP contribution < -0.4 is 10.2 Å². The summed E-state index contributed by atoms with van der Waals surface area (Å²) >= 11 is 0. The molecule has 138 valence electrons. The number of fused-ring (bicyclic) bond motifs is 1. The van der Waals surface area contributed by atoms with Crippen molar-refractivity contribution in [2.24, 2.45) is 5.92 Å². The average molecular weight is 362 g/mol. The zero-order chi connectivity index (χ0) is 19.0. The van der Waals surface area contributed by atoms with Gasteiger partial charge < -0.3 is 9.47 Å². The van der Waals surface area contributed by atoms with E-state index in [0.717, 1.165) is 22.3 Å². The number of nitrogens with zero attached hydrogens (tertiary/aromatic N) is 3. The fourth-order valence-corrected chi connectivity index (χ4v) is 3.56. The first-order valence-corrected chi connectivity index (χ1v) is 9.20. The van der Waals surface area contributed by atoms with Crippen LogP contribution in [0.4, 0.5) is 11.6 Å². The van der Waals surface area contributed by atoms with Crippen LogP contribution in [0.5, 0.6) is 0 Å². The van der Waals surface area contributed by atoms with Crippen LogP contribution in [0, 0.1) is 12.8 Å². The van der Waals surface area contributed by atoms with Crippen molar-refractivity contribution in [3.05, 3.63) is 54.1 Å². The highest BCUT2D eigenvalue weighted by molar-refractivity contribution is 6.03. The molecule has 1 saturated heterocycles. The maximum Gasteiger partial charge on any atom is 0.232 e. The largest absolute Gasteiger partial charge is 0.312 e. The molecule has 27 heavy (non-hydrogen) atoms. The van der Waals surface area contributed by atoms with Gasteiger partial charge in [-0.15, -0.1) is 0 Å².